The van der Waals surface area contributed by atoms with Gasteiger partial charge in [0, 0.05) is 24.6 Å². The molecule has 1 amide bonds. The maximum atomic E-state index is 11.8. The van der Waals surface area contributed by atoms with Crippen LogP contribution in [0.4, 0.5) is 5.69 Å². The topological polar surface area (TPSA) is 29.5 Å². The Kier molecular flexibility index (Phi) is 3.34. The predicted octanol–water partition coefficient (Wildman–Crippen LogP) is 2.07. The van der Waals surface area contributed by atoms with Crippen molar-refractivity contribution in [2.75, 3.05) is 18.1 Å². The van der Waals surface area contributed by atoms with E-state index in [0.717, 1.165) is 11.4 Å². The first-order valence-corrected chi connectivity index (χ1v) is 5.74. The zero-order valence-electron chi connectivity index (χ0n) is 9.85. The Morgan fingerprint density at radius 1 is 1.47 bits per heavy atom. The quantitative estimate of drug-likeness (QED) is 0.743. The Balaban J connectivity index is 2.13. The van der Waals surface area contributed by atoms with E-state index in [0.29, 0.717) is 19.6 Å². The molecule has 0 aromatic heterocycles. The lowest BCUT2D eigenvalue weighted by Crippen LogP contribution is -2.24. The Morgan fingerprint density at radius 3 is 2.71 bits per heavy atom. The van der Waals surface area contributed by atoms with E-state index in [1.165, 1.54) is 0 Å². The molecule has 3 nitrogen and oxygen atoms in total. The fourth-order valence-electron chi connectivity index (χ4n) is 1.96. The van der Waals surface area contributed by atoms with E-state index in [4.69, 9.17) is 11.2 Å². The lowest BCUT2D eigenvalue weighted by molar-refractivity contribution is -0.117. The van der Waals surface area contributed by atoms with Crippen LogP contribution in [-0.4, -0.2) is 19.1 Å². The van der Waals surface area contributed by atoms with Crippen LogP contribution in [0.2, 0.25) is 0 Å². The number of hydrogen-bond acceptors (Lipinski definition) is 2. The highest BCUT2D eigenvalue weighted by atomic mass is 16.5. The second-order valence-electron chi connectivity index (χ2n) is 4.00. The summed E-state index contributed by atoms with van der Waals surface area (Å²) in [5, 5.41) is 0. The van der Waals surface area contributed by atoms with Gasteiger partial charge < -0.3 is 9.64 Å². The zero-order chi connectivity index (χ0) is 12.3. The highest BCUT2D eigenvalue weighted by Gasteiger charge is 2.29. The molecule has 1 aliphatic rings. The highest BCUT2D eigenvalue weighted by Crippen LogP contribution is 2.26. The molecule has 1 aromatic carbocycles. The highest BCUT2D eigenvalue weighted by molar-refractivity contribution is 5.96. The van der Waals surface area contributed by atoms with Crippen molar-refractivity contribution >= 4 is 11.6 Å². The van der Waals surface area contributed by atoms with Gasteiger partial charge in [-0.15, -0.1) is 12.3 Å². The number of hydrogen-bond donors (Lipinski definition) is 0. The molecule has 0 aliphatic carbocycles. The number of ether oxygens (including phenoxy) is 1. The summed E-state index contributed by atoms with van der Waals surface area (Å²) in [6, 6.07) is 7.52. The van der Waals surface area contributed by atoms with E-state index in [1.54, 1.807) is 4.90 Å². The molecule has 1 atom stereocenters. The van der Waals surface area contributed by atoms with Crippen LogP contribution < -0.4 is 9.64 Å². The van der Waals surface area contributed by atoms with Crippen LogP contribution in [0.25, 0.3) is 0 Å². The third-order valence-electron chi connectivity index (χ3n) is 2.82. The van der Waals surface area contributed by atoms with Crippen molar-refractivity contribution < 1.29 is 9.53 Å². The Morgan fingerprint density at radius 2 is 2.18 bits per heavy atom. The van der Waals surface area contributed by atoms with Crippen molar-refractivity contribution in [3.05, 3.63) is 24.3 Å². The molecule has 1 saturated heterocycles. The normalized spacial score (nSPS) is 19.2. The molecule has 0 N–H and O–H groups in total. The summed E-state index contributed by atoms with van der Waals surface area (Å²) < 4.78 is 5.36. The van der Waals surface area contributed by atoms with Gasteiger partial charge in [0.2, 0.25) is 5.91 Å². The van der Waals surface area contributed by atoms with Gasteiger partial charge in [0.05, 0.1) is 6.61 Å². The van der Waals surface area contributed by atoms with Crippen LogP contribution in [-0.2, 0) is 4.79 Å². The molecule has 0 spiro atoms. The summed E-state index contributed by atoms with van der Waals surface area (Å²) in [7, 11) is 0. The van der Waals surface area contributed by atoms with Crippen molar-refractivity contribution in [2.45, 2.75) is 13.3 Å². The fourth-order valence-corrected chi connectivity index (χ4v) is 1.96. The van der Waals surface area contributed by atoms with E-state index in [-0.39, 0.29) is 11.8 Å². The molecule has 1 heterocycles. The van der Waals surface area contributed by atoms with E-state index < -0.39 is 0 Å². The average molecular weight is 229 g/mol. The molecular formula is C14H15NO2. The molecule has 2 rings (SSSR count). The average Bonchev–Trinajstić information content (AvgIpc) is 2.72. The van der Waals surface area contributed by atoms with Crippen LogP contribution in [0, 0.1) is 18.3 Å². The number of terminal acetylenes is 1. The fraction of sp³-hybridized carbons (Fsp3) is 0.357. The summed E-state index contributed by atoms with van der Waals surface area (Å²) in [5.74, 6) is 3.59. The smallest absolute Gasteiger partial charge is 0.228 e. The Hall–Kier alpha value is -1.95. The number of rotatable bonds is 3. The Bertz CT molecular complexity index is 444. The van der Waals surface area contributed by atoms with E-state index in [9.17, 15) is 4.79 Å². The first-order valence-electron chi connectivity index (χ1n) is 5.74. The van der Waals surface area contributed by atoms with Gasteiger partial charge in [0.15, 0.2) is 0 Å². The van der Waals surface area contributed by atoms with Gasteiger partial charge in [-0.2, -0.15) is 0 Å². The second-order valence-corrected chi connectivity index (χ2v) is 4.00. The minimum absolute atomic E-state index is 0.0362. The van der Waals surface area contributed by atoms with Gasteiger partial charge in [0.1, 0.15) is 5.75 Å². The summed E-state index contributed by atoms with van der Waals surface area (Å²) >= 11 is 0. The van der Waals surface area contributed by atoms with Crippen LogP contribution >= 0.6 is 0 Å². The largest absolute Gasteiger partial charge is 0.494 e. The lowest BCUT2D eigenvalue weighted by Gasteiger charge is -2.16. The van der Waals surface area contributed by atoms with Crippen LogP contribution in [0.5, 0.6) is 5.75 Å². The predicted molar refractivity (Wildman–Crippen MR) is 66.9 cm³/mol. The molecule has 0 saturated carbocycles. The molecule has 1 aromatic rings. The number of carbonyl (C=O) groups excluding carboxylic acids is 1. The van der Waals surface area contributed by atoms with E-state index in [2.05, 4.69) is 5.92 Å². The summed E-state index contributed by atoms with van der Waals surface area (Å²) in [5.41, 5.74) is 0.885. The second kappa shape index (κ2) is 4.92. The van der Waals surface area contributed by atoms with Gasteiger partial charge >= 0.3 is 0 Å². The number of carbonyl (C=O) groups is 1. The number of benzene rings is 1. The van der Waals surface area contributed by atoms with E-state index in [1.807, 2.05) is 31.2 Å². The van der Waals surface area contributed by atoms with Gasteiger partial charge in [-0.25, -0.2) is 0 Å². The van der Waals surface area contributed by atoms with Crippen molar-refractivity contribution in [3.8, 4) is 18.1 Å². The molecule has 0 radical (unpaired) electrons. The van der Waals surface area contributed by atoms with Gasteiger partial charge in [0.25, 0.3) is 0 Å². The third-order valence-corrected chi connectivity index (χ3v) is 2.82. The molecule has 17 heavy (non-hydrogen) atoms. The summed E-state index contributed by atoms with van der Waals surface area (Å²) in [6.07, 6.45) is 5.80. The molecular weight excluding hydrogens is 214 g/mol. The lowest BCUT2D eigenvalue weighted by atomic mass is 10.1. The Labute approximate surface area is 101 Å². The minimum atomic E-state index is 0.0362. The molecule has 1 aliphatic heterocycles. The van der Waals surface area contributed by atoms with Crippen LogP contribution in [0.3, 0.4) is 0 Å². The van der Waals surface area contributed by atoms with Gasteiger partial charge in [-0.05, 0) is 31.2 Å². The maximum Gasteiger partial charge on any atom is 0.228 e. The summed E-state index contributed by atoms with van der Waals surface area (Å²) in [4.78, 5) is 13.5. The standard InChI is InChI=1S/C14H15NO2/c1-3-11-9-14(16)15(10-11)12-5-7-13(8-6-12)17-4-2/h1,5-8,11H,4,9-10H2,2H3. The van der Waals surface area contributed by atoms with Gasteiger partial charge in [-0.3, -0.25) is 4.79 Å². The first-order chi connectivity index (χ1) is 8.24. The number of amides is 1. The van der Waals surface area contributed by atoms with Crippen LogP contribution in [0.15, 0.2) is 24.3 Å². The van der Waals surface area contributed by atoms with Crippen LogP contribution in [0.1, 0.15) is 13.3 Å². The summed E-state index contributed by atoms with van der Waals surface area (Å²) in [6.45, 7) is 3.19. The molecule has 1 fully saturated rings. The number of nitrogens with zero attached hydrogens (tertiary/aromatic N) is 1. The van der Waals surface area contributed by atoms with Crippen molar-refractivity contribution in [2.24, 2.45) is 5.92 Å². The number of anilines is 1. The molecule has 3 heteroatoms. The monoisotopic (exact) mass is 229 g/mol. The zero-order valence-corrected chi connectivity index (χ0v) is 9.85. The first kappa shape index (κ1) is 11.5. The van der Waals surface area contributed by atoms with Crippen molar-refractivity contribution in [3.63, 3.8) is 0 Å². The third kappa shape index (κ3) is 2.42. The molecule has 0 bridgehead atoms. The maximum absolute atomic E-state index is 11.8. The minimum Gasteiger partial charge on any atom is -0.494 e. The van der Waals surface area contributed by atoms with Gasteiger partial charge in [-0.1, -0.05) is 0 Å². The molecule has 1 unspecified atom stereocenters. The van der Waals surface area contributed by atoms with Crippen molar-refractivity contribution in [1.29, 1.82) is 0 Å². The van der Waals surface area contributed by atoms with E-state index >= 15 is 0 Å². The molecule has 88 valence electrons. The van der Waals surface area contributed by atoms with Crippen molar-refractivity contribution in [1.82, 2.24) is 0 Å². The SMILES string of the molecule is C#CC1CC(=O)N(c2ccc(OCC)cc2)C1.